The van der Waals surface area contributed by atoms with Crippen LogP contribution in [0.1, 0.15) is 29.9 Å². The number of para-hydroxylation sites is 1. The third-order valence-corrected chi connectivity index (χ3v) is 3.91. The Bertz CT molecular complexity index is 791. The van der Waals surface area contributed by atoms with Gasteiger partial charge in [-0.15, -0.1) is 0 Å². The van der Waals surface area contributed by atoms with Crippen LogP contribution < -0.4 is 5.32 Å². The number of hydrogen-bond donors (Lipinski definition) is 1. The Kier molecular flexibility index (Phi) is 3.42. The van der Waals surface area contributed by atoms with Crippen molar-refractivity contribution in [2.24, 2.45) is 0 Å². The van der Waals surface area contributed by atoms with Crippen LogP contribution in [0.4, 0.5) is 10.1 Å². The molecule has 21 heavy (non-hydrogen) atoms. The Balaban J connectivity index is 1.95. The fraction of sp³-hybridized carbons (Fsp3) is 0.222. The van der Waals surface area contributed by atoms with Gasteiger partial charge in [-0.3, -0.25) is 0 Å². The van der Waals surface area contributed by atoms with E-state index in [2.05, 4.69) is 18.3 Å². The molecule has 0 aliphatic rings. The van der Waals surface area contributed by atoms with Crippen molar-refractivity contribution >= 4 is 16.7 Å². The highest BCUT2D eigenvalue weighted by Crippen LogP contribution is 2.31. The van der Waals surface area contributed by atoms with Gasteiger partial charge >= 0.3 is 0 Å². The zero-order valence-electron chi connectivity index (χ0n) is 12.4. The van der Waals surface area contributed by atoms with Crippen LogP contribution in [0.3, 0.4) is 0 Å². The monoisotopic (exact) mass is 283 g/mol. The maximum absolute atomic E-state index is 13.6. The quantitative estimate of drug-likeness (QED) is 0.699. The van der Waals surface area contributed by atoms with E-state index in [0.717, 1.165) is 28.0 Å². The summed E-state index contributed by atoms with van der Waals surface area (Å²) in [6.07, 6.45) is 0. The van der Waals surface area contributed by atoms with Gasteiger partial charge in [0.15, 0.2) is 0 Å². The second-order valence-corrected chi connectivity index (χ2v) is 5.37. The first-order chi connectivity index (χ1) is 10.1. The van der Waals surface area contributed by atoms with Crippen molar-refractivity contribution in [3.05, 3.63) is 65.2 Å². The zero-order valence-corrected chi connectivity index (χ0v) is 12.4. The molecule has 0 saturated carbocycles. The maximum Gasteiger partial charge on any atom is 0.134 e. The number of benzene rings is 2. The minimum absolute atomic E-state index is 0.0297. The second kappa shape index (κ2) is 5.24. The fourth-order valence-corrected chi connectivity index (χ4v) is 2.67. The number of halogens is 1. The van der Waals surface area contributed by atoms with Crippen molar-refractivity contribution in [1.29, 1.82) is 0 Å². The van der Waals surface area contributed by atoms with Gasteiger partial charge in [-0.2, -0.15) is 0 Å². The SMILES string of the molecule is Cc1c(F)cccc1NC(C)c1oc2ccccc2c1C. The Hall–Kier alpha value is -2.29. The average Bonchev–Trinajstić information content (AvgIpc) is 2.82. The molecule has 2 nitrogen and oxygen atoms in total. The lowest BCUT2D eigenvalue weighted by Crippen LogP contribution is -2.08. The van der Waals surface area contributed by atoms with Crippen LogP contribution in [0.15, 0.2) is 46.9 Å². The molecule has 3 aromatic rings. The van der Waals surface area contributed by atoms with Gasteiger partial charge in [-0.1, -0.05) is 24.3 Å². The van der Waals surface area contributed by atoms with E-state index >= 15 is 0 Å². The van der Waals surface area contributed by atoms with E-state index in [1.807, 2.05) is 31.2 Å². The van der Waals surface area contributed by atoms with E-state index in [0.29, 0.717) is 5.56 Å². The normalized spacial score (nSPS) is 12.6. The van der Waals surface area contributed by atoms with E-state index in [1.54, 1.807) is 13.0 Å². The molecule has 0 fully saturated rings. The molecule has 0 saturated heterocycles. The van der Waals surface area contributed by atoms with Gasteiger partial charge < -0.3 is 9.73 Å². The van der Waals surface area contributed by atoms with Gasteiger partial charge in [0.05, 0.1) is 6.04 Å². The number of hydrogen-bond acceptors (Lipinski definition) is 2. The summed E-state index contributed by atoms with van der Waals surface area (Å²) in [5.41, 5.74) is 3.43. The highest BCUT2D eigenvalue weighted by molar-refractivity contribution is 5.82. The van der Waals surface area contributed by atoms with Crippen LogP contribution in [-0.2, 0) is 0 Å². The smallest absolute Gasteiger partial charge is 0.134 e. The first-order valence-electron chi connectivity index (χ1n) is 7.07. The van der Waals surface area contributed by atoms with E-state index in [1.165, 1.54) is 6.07 Å². The van der Waals surface area contributed by atoms with Crippen molar-refractivity contribution in [3.63, 3.8) is 0 Å². The zero-order chi connectivity index (χ0) is 15.0. The van der Waals surface area contributed by atoms with Crippen molar-refractivity contribution < 1.29 is 8.81 Å². The number of rotatable bonds is 3. The Morgan fingerprint density at radius 3 is 2.52 bits per heavy atom. The third kappa shape index (κ3) is 2.40. The molecule has 0 bridgehead atoms. The van der Waals surface area contributed by atoms with Crippen LogP contribution in [0.2, 0.25) is 0 Å². The number of anilines is 1. The van der Waals surface area contributed by atoms with Gasteiger partial charge in [0.25, 0.3) is 0 Å². The Morgan fingerprint density at radius 1 is 1.00 bits per heavy atom. The van der Waals surface area contributed by atoms with Crippen molar-refractivity contribution in [2.75, 3.05) is 5.32 Å². The second-order valence-electron chi connectivity index (χ2n) is 5.37. The van der Waals surface area contributed by atoms with Crippen LogP contribution >= 0.6 is 0 Å². The summed E-state index contributed by atoms with van der Waals surface area (Å²) in [6, 6.07) is 13.0. The molecule has 1 heterocycles. The molecule has 2 aromatic carbocycles. The molecule has 3 heteroatoms. The topological polar surface area (TPSA) is 25.2 Å². The van der Waals surface area contributed by atoms with Crippen LogP contribution in [-0.4, -0.2) is 0 Å². The summed E-state index contributed by atoms with van der Waals surface area (Å²) in [6.45, 7) is 5.85. The largest absolute Gasteiger partial charge is 0.459 e. The lowest BCUT2D eigenvalue weighted by atomic mass is 10.1. The van der Waals surface area contributed by atoms with Gasteiger partial charge in [-0.25, -0.2) is 4.39 Å². The molecule has 1 unspecified atom stereocenters. The fourth-order valence-electron chi connectivity index (χ4n) is 2.67. The van der Waals surface area contributed by atoms with Crippen LogP contribution in [0.5, 0.6) is 0 Å². The summed E-state index contributed by atoms with van der Waals surface area (Å²) in [7, 11) is 0. The molecule has 0 amide bonds. The van der Waals surface area contributed by atoms with E-state index in [-0.39, 0.29) is 11.9 Å². The van der Waals surface area contributed by atoms with E-state index < -0.39 is 0 Å². The van der Waals surface area contributed by atoms with Gasteiger partial charge in [0.2, 0.25) is 0 Å². The molecule has 1 N–H and O–H groups in total. The highest BCUT2D eigenvalue weighted by atomic mass is 19.1. The van der Waals surface area contributed by atoms with Crippen LogP contribution in [0, 0.1) is 19.7 Å². The third-order valence-electron chi connectivity index (χ3n) is 3.91. The number of fused-ring (bicyclic) bond motifs is 1. The lowest BCUT2D eigenvalue weighted by Gasteiger charge is -2.16. The number of aryl methyl sites for hydroxylation is 1. The first kappa shape index (κ1) is 13.7. The van der Waals surface area contributed by atoms with Gasteiger partial charge in [0.1, 0.15) is 17.2 Å². The van der Waals surface area contributed by atoms with E-state index in [9.17, 15) is 4.39 Å². The first-order valence-corrected chi connectivity index (χ1v) is 7.07. The summed E-state index contributed by atoms with van der Waals surface area (Å²) in [5.74, 6) is 0.688. The van der Waals surface area contributed by atoms with Gasteiger partial charge in [0, 0.05) is 22.2 Å². The molecule has 0 aliphatic heterocycles. The highest BCUT2D eigenvalue weighted by Gasteiger charge is 2.17. The summed E-state index contributed by atoms with van der Waals surface area (Å²) >= 11 is 0. The maximum atomic E-state index is 13.6. The minimum atomic E-state index is -0.200. The Morgan fingerprint density at radius 2 is 1.76 bits per heavy atom. The summed E-state index contributed by atoms with van der Waals surface area (Å²) < 4.78 is 19.6. The number of nitrogens with one attached hydrogen (secondary N) is 1. The predicted molar refractivity (Wildman–Crippen MR) is 84.1 cm³/mol. The molecule has 0 aliphatic carbocycles. The minimum Gasteiger partial charge on any atom is -0.459 e. The van der Waals surface area contributed by atoms with Crippen LogP contribution in [0.25, 0.3) is 11.0 Å². The molecule has 1 atom stereocenters. The predicted octanol–water partition coefficient (Wildman–Crippen LogP) is 5.36. The lowest BCUT2D eigenvalue weighted by molar-refractivity contribution is 0.522. The van der Waals surface area contributed by atoms with Crippen molar-refractivity contribution in [2.45, 2.75) is 26.8 Å². The molecular weight excluding hydrogens is 265 g/mol. The summed E-state index contributed by atoms with van der Waals surface area (Å²) in [4.78, 5) is 0. The van der Waals surface area contributed by atoms with Gasteiger partial charge in [-0.05, 0) is 39.0 Å². The molecular formula is C18H18FNO. The molecule has 108 valence electrons. The molecule has 0 radical (unpaired) electrons. The van der Waals surface area contributed by atoms with E-state index in [4.69, 9.17) is 4.42 Å². The van der Waals surface area contributed by atoms with Crippen molar-refractivity contribution in [1.82, 2.24) is 0 Å². The standard InChI is InChI=1S/C18H18FNO/c1-11-14-7-4-5-10-17(14)21-18(11)13(3)20-16-9-6-8-15(19)12(16)2/h4-10,13,20H,1-3H3. The number of furan rings is 1. The average molecular weight is 283 g/mol. The molecule has 3 rings (SSSR count). The molecule has 0 spiro atoms. The van der Waals surface area contributed by atoms with Crippen molar-refractivity contribution in [3.8, 4) is 0 Å². The molecule has 1 aromatic heterocycles. The Labute approximate surface area is 123 Å². The summed E-state index contributed by atoms with van der Waals surface area (Å²) in [5, 5.41) is 4.46.